The first kappa shape index (κ1) is 12.4. The molecule has 3 heteroatoms. The molecule has 0 radical (unpaired) electrons. The minimum atomic E-state index is -0.0433. The fraction of sp³-hybridized carbons (Fsp3) is 0. The van der Waals surface area contributed by atoms with Crippen molar-refractivity contribution in [3.05, 3.63) is 77.0 Å². The van der Waals surface area contributed by atoms with Crippen LogP contribution < -0.4 is 5.43 Å². The molecule has 5 aromatic rings. The number of rotatable bonds is 0. The molecule has 0 amide bonds. The quantitative estimate of drug-likeness (QED) is 0.309. The molecule has 0 aliphatic rings. The second kappa shape index (κ2) is 4.40. The standard InChI is InChI=1S/C20H11NO2/c22-17-7-3-5-13-9-11-16-20(18(13)17)23-19-14-6-2-1-4-12(14)8-10-15(19)21-16/h1-11H. The van der Waals surface area contributed by atoms with Crippen molar-refractivity contribution in [2.75, 3.05) is 0 Å². The highest BCUT2D eigenvalue weighted by Gasteiger charge is 2.11. The van der Waals surface area contributed by atoms with Gasteiger partial charge in [-0.1, -0.05) is 48.5 Å². The number of nitrogens with zero attached hydrogens (tertiary/aromatic N) is 1. The van der Waals surface area contributed by atoms with Crippen LogP contribution >= 0.6 is 0 Å². The molecule has 5 rings (SSSR count). The van der Waals surface area contributed by atoms with Crippen molar-refractivity contribution in [2.45, 2.75) is 0 Å². The van der Waals surface area contributed by atoms with E-state index in [1.807, 2.05) is 54.6 Å². The molecule has 0 bridgehead atoms. The van der Waals surface area contributed by atoms with Crippen molar-refractivity contribution in [3.63, 3.8) is 0 Å². The van der Waals surface area contributed by atoms with Gasteiger partial charge in [-0.2, -0.15) is 0 Å². The van der Waals surface area contributed by atoms with Crippen LogP contribution in [0.3, 0.4) is 0 Å². The molecule has 0 fully saturated rings. The van der Waals surface area contributed by atoms with Crippen molar-refractivity contribution >= 4 is 43.7 Å². The summed E-state index contributed by atoms with van der Waals surface area (Å²) in [5.74, 6) is 0. The predicted octanol–water partition coefficient (Wildman–Crippen LogP) is 4.65. The van der Waals surface area contributed by atoms with Gasteiger partial charge in [0, 0.05) is 5.39 Å². The minimum absolute atomic E-state index is 0.0433. The Labute approximate surface area is 130 Å². The number of hydrogen-bond donors (Lipinski definition) is 0. The monoisotopic (exact) mass is 297 g/mol. The average Bonchev–Trinajstić information content (AvgIpc) is 2.60. The fourth-order valence-electron chi connectivity index (χ4n) is 3.15. The first-order chi connectivity index (χ1) is 11.3. The van der Waals surface area contributed by atoms with Crippen LogP contribution in [-0.4, -0.2) is 4.98 Å². The number of benzene rings is 4. The van der Waals surface area contributed by atoms with Crippen molar-refractivity contribution in [1.29, 1.82) is 0 Å². The van der Waals surface area contributed by atoms with Crippen LogP contribution in [0.4, 0.5) is 0 Å². The zero-order valence-electron chi connectivity index (χ0n) is 12.1. The van der Waals surface area contributed by atoms with Gasteiger partial charge in [0.1, 0.15) is 11.0 Å². The summed E-state index contributed by atoms with van der Waals surface area (Å²) in [5.41, 5.74) is 2.71. The average molecular weight is 297 g/mol. The third-order valence-corrected chi connectivity index (χ3v) is 4.24. The van der Waals surface area contributed by atoms with Gasteiger partial charge in [-0.05, 0) is 29.0 Å². The minimum Gasteiger partial charge on any atom is -0.451 e. The van der Waals surface area contributed by atoms with Gasteiger partial charge in [0.05, 0.1) is 5.39 Å². The van der Waals surface area contributed by atoms with Crippen molar-refractivity contribution < 1.29 is 4.42 Å². The van der Waals surface area contributed by atoms with Crippen LogP contribution in [0.5, 0.6) is 0 Å². The molecule has 0 saturated carbocycles. The molecular formula is C20H11NO2. The lowest BCUT2D eigenvalue weighted by atomic mass is 10.1. The highest BCUT2D eigenvalue weighted by Crippen LogP contribution is 2.29. The van der Waals surface area contributed by atoms with Gasteiger partial charge in [-0.3, -0.25) is 4.79 Å². The Morgan fingerprint density at radius 1 is 0.696 bits per heavy atom. The van der Waals surface area contributed by atoms with E-state index in [9.17, 15) is 4.79 Å². The molecule has 0 spiro atoms. The van der Waals surface area contributed by atoms with E-state index in [-0.39, 0.29) is 5.43 Å². The van der Waals surface area contributed by atoms with Crippen molar-refractivity contribution in [1.82, 2.24) is 4.98 Å². The lowest BCUT2D eigenvalue weighted by Gasteiger charge is -2.06. The molecule has 0 N–H and O–H groups in total. The molecule has 1 heterocycles. The second-order valence-corrected chi connectivity index (χ2v) is 5.62. The van der Waals surface area contributed by atoms with Crippen LogP contribution in [0.25, 0.3) is 43.7 Å². The molecule has 108 valence electrons. The van der Waals surface area contributed by atoms with Gasteiger partial charge in [0.25, 0.3) is 0 Å². The SMILES string of the molecule is O=c1cccc2ccc3nc4ccc5ccccc5c4oc3c12. The summed E-state index contributed by atoms with van der Waals surface area (Å²) in [7, 11) is 0. The van der Waals surface area contributed by atoms with E-state index in [4.69, 9.17) is 4.42 Å². The Balaban J connectivity index is 2.09. The van der Waals surface area contributed by atoms with Crippen LogP contribution in [0.15, 0.2) is 75.9 Å². The van der Waals surface area contributed by atoms with Crippen LogP contribution in [-0.2, 0) is 0 Å². The molecular weight excluding hydrogens is 286 g/mol. The van der Waals surface area contributed by atoms with Crippen molar-refractivity contribution in [3.8, 4) is 0 Å². The van der Waals surface area contributed by atoms with E-state index in [0.717, 1.165) is 21.7 Å². The smallest absolute Gasteiger partial charge is 0.190 e. The summed E-state index contributed by atoms with van der Waals surface area (Å²) in [6.07, 6.45) is 0. The summed E-state index contributed by atoms with van der Waals surface area (Å²) in [4.78, 5) is 17.0. The molecule has 0 aliphatic heterocycles. The molecule has 1 aromatic heterocycles. The molecule has 0 atom stereocenters. The molecule has 4 aromatic carbocycles. The summed E-state index contributed by atoms with van der Waals surface area (Å²) < 4.78 is 6.19. The van der Waals surface area contributed by atoms with Gasteiger partial charge in [-0.25, -0.2) is 4.98 Å². The fourth-order valence-corrected chi connectivity index (χ4v) is 3.15. The van der Waals surface area contributed by atoms with Crippen molar-refractivity contribution in [2.24, 2.45) is 0 Å². The van der Waals surface area contributed by atoms with E-state index in [0.29, 0.717) is 22.1 Å². The third kappa shape index (κ3) is 1.70. The van der Waals surface area contributed by atoms with Gasteiger partial charge in [0.15, 0.2) is 16.6 Å². The highest BCUT2D eigenvalue weighted by molar-refractivity contribution is 6.08. The topological polar surface area (TPSA) is 43.1 Å². The largest absolute Gasteiger partial charge is 0.451 e. The lowest BCUT2D eigenvalue weighted by Crippen LogP contribution is -1.99. The Kier molecular flexibility index (Phi) is 2.36. The van der Waals surface area contributed by atoms with E-state index >= 15 is 0 Å². The zero-order chi connectivity index (χ0) is 15.4. The van der Waals surface area contributed by atoms with E-state index < -0.39 is 0 Å². The number of aromatic nitrogens is 1. The number of fused-ring (bicyclic) bond motifs is 6. The van der Waals surface area contributed by atoms with Crippen LogP contribution in [0, 0.1) is 0 Å². The molecule has 0 unspecified atom stereocenters. The highest BCUT2D eigenvalue weighted by atomic mass is 16.3. The summed E-state index contributed by atoms with van der Waals surface area (Å²) >= 11 is 0. The van der Waals surface area contributed by atoms with E-state index in [1.165, 1.54) is 0 Å². The molecule has 0 aliphatic carbocycles. The Morgan fingerprint density at radius 2 is 1.43 bits per heavy atom. The van der Waals surface area contributed by atoms with E-state index in [1.54, 1.807) is 12.1 Å². The Bertz CT molecular complexity index is 1290. The van der Waals surface area contributed by atoms with Gasteiger partial charge < -0.3 is 4.42 Å². The summed E-state index contributed by atoms with van der Waals surface area (Å²) in [5, 5.41) is 3.55. The van der Waals surface area contributed by atoms with Crippen LogP contribution in [0.2, 0.25) is 0 Å². The number of hydrogen-bond acceptors (Lipinski definition) is 3. The first-order valence-corrected chi connectivity index (χ1v) is 7.45. The zero-order valence-corrected chi connectivity index (χ0v) is 12.1. The van der Waals surface area contributed by atoms with E-state index in [2.05, 4.69) is 4.98 Å². The first-order valence-electron chi connectivity index (χ1n) is 7.45. The Morgan fingerprint density at radius 3 is 2.35 bits per heavy atom. The van der Waals surface area contributed by atoms with Gasteiger partial charge in [0.2, 0.25) is 0 Å². The third-order valence-electron chi connectivity index (χ3n) is 4.24. The maximum Gasteiger partial charge on any atom is 0.190 e. The second-order valence-electron chi connectivity index (χ2n) is 5.62. The Hall–Kier alpha value is -3.20. The molecule has 23 heavy (non-hydrogen) atoms. The lowest BCUT2D eigenvalue weighted by molar-refractivity contribution is 0.664. The molecule has 0 saturated heterocycles. The van der Waals surface area contributed by atoms with Crippen LogP contribution in [0.1, 0.15) is 0 Å². The molecule has 3 nitrogen and oxygen atoms in total. The summed E-state index contributed by atoms with van der Waals surface area (Å²) in [6, 6.07) is 21.1. The van der Waals surface area contributed by atoms with Gasteiger partial charge in [-0.15, -0.1) is 0 Å². The normalized spacial score (nSPS) is 11.7. The van der Waals surface area contributed by atoms with Gasteiger partial charge >= 0.3 is 0 Å². The maximum atomic E-state index is 12.3. The summed E-state index contributed by atoms with van der Waals surface area (Å²) in [6.45, 7) is 0. The predicted molar refractivity (Wildman–Crippen MR) is 92.8 cm³/mol. The maximum absolute atomic E-state index is 12.3.